The Bertz CT molecular complexity index is 386. The zero-order chi connectivity index (χ0) is 14.7. The largest absolute Gasteiger partial charge is 0.353 e. The van der Waals surface area contributed by atoms with Crippen LogP contribution in [0.15, 0.2) is 0 Å². The average Bonchev–Trinajstić information content (AvgIpc) is 3.33. The molecule has 1 aliphatic carbocycles. The first kappa shape index (κ1) is 15.2. The SMILES string of the molecule is O=C(NC1CCN(C(=O)CC2CSCCN2)CC1)C1CC1. The Balaban J connectivity index is 1.37. The van der Waals surface area contributed by atoms with Crippen molar-refractivity contribution in [1.29, 1.82) is 0 Å². The molecule has 0 aromatic heterocycles. The van der Waals surface area contributed by atoms with Crippen LogP contribution in [0.2, 0.25) is 0 Å². The number of piperidine rings is 1. The number of likely N-dealkylation sites (tertiary alicyclic amines) is 1. The molecule has 1 saturated carbocycles. The minimum absolute atomic E-state index is 0.225. The Morgan fingerprint density at radius 1 is 1.19 bits per heavy atom. The highest BCUT2D eigenvalue weighted by atomic mass is 32.2. The summed E-state index contributed by atoms with van der Waals surface area (Å²) in [5, 5.41) is 6.55. The minimum Gasteiger partial charge on any atom is -0.353 e. The molecule has 0 aromatic rings. The van der Waals surface area contributed by atoms with Crippen molar-refractivity contribution in [2.45, 2.75) is 44.2 Å². The van der Waals surface area contributed by atoms with E-state index in [4.69, 9.17) is 0 Å². The second-order valence-corrected chi connectivity index (χ2v) is 7.52. The van der Waals surface area contributed by atoms with Gasteiger partial charge in [0.25, 0.3) is 0 Å². The molecule has 3 rings (SSSR count). The van der Waals surface area contributed by atoms with Crippen molar-refractivity contribution in [3.8, 4) is 0 Å². The first-order chi connectivity index (χ1) is 10.2. The van der Waals surface area contributed by atoms with E-state index in [1.807, 2.05) is 16.7 Å². The van der Waals surface area contributed by atoms with Crippen LogP contribution in [0.3, 0.4) is 0 Å². The van der Waals surface area contributed by atoms with E-state index in [0.717, 1.165) is 56.8 Å². The number of nitrogens with one attached hydrogen (secondary N) is 2. The number of hydrogen-bond acceptors (Lipinski definition) is 4. The van der Waals surface area contributed by atoms with Gasteiger partial charge in [-0.2, -0.15) is 11.8 Å². The number of rotatable bonds is 4. The van der Waals surface area contributed by atoms with Crippen LogP contribution in [-0.4, -0.2) is 59.9 Å². The standard InChI is InChI=1S/C15H25N3O2S/c19-14(9-13-10-21-8-5-16-13)18-6-3-12(4-7-18)17-15(20)11-1-2-11/h11-13,16H,1-10H2,(H,17,20). The third-order valence-electron chi connectivity index (χ3n) is 4.56. The molecule has 3 fully saturated rings. The molecular weight excluding hydrogens is 286 g/mol. The number of amides is 2. The zero-order valence-corrected chi connectivity index (χ0v) is 13.3. The molecule has 118 valence electrons. The summed E-state index contributed by atoms with van der Waals surface area (Å²) in [6, 6.07) is 0.606. The Labute approximate surface area is 130 Å². The van der Waals surface area contributed by atoms with Crippen molar-refractivity contribution in [2.75, 3.05) is 31.1 Å². The van der Waals surface area contributed by atoms with Gasteiger partial charge in [-0.3, -0.25) is 9.59 Å². The molecule has 2 N–H and O–H groups in total. The normalized spacial score (nSPS) is 27.4. The molecule has 0 aromatic carbocycles. The molecule has 0 spiro atoms. The Hall–Kier alpha value is -0.750. The van der Waals surface area contributed by atoms with Gasteiger partial charge in [0.2, 0.25) is 11.8 Å². The average molecular weight is 311 g/mol. The van der Waals surface area contributed by atoms with Crippen molar-refractivity contribution >= 4 is 23.6 Å². The number of nitrogens with zero attached hydrogens (tertiary/aromatic N) is 1. The van der Waals surface area contributed by atoms with Crippen LogP contribution in [0.5, 0.6) is 0 Å². The van der Waals surface area contributed by atoms with Crippen molar-refractivity contribution in [3.05, 3.63) is 0 Å². The van der Waals surface area contributed by atoms with Gasteiger partial charge in [0.1, 0.15) is 0 Å². The topological polar surface area (TPSA) is 61.4 Å². The summed E-state index contributed by atoms with van der Waals surface area (Å²) in [7, 11) is 0. The summed E-state index contributed by atoms with van der Waals surface area (Å²) in [4.78, 5) is 26.0. The highest BCUT2D eigenvalue weighted by molar-refractivity contribution is 7.99. The Kier molecular flexibility index (Phi) is 5.06. The summed E-state index contributed by atoms with van der Waals surface area (Å²) >= 11 is 1.93. The fourth-order valence-electron chi connectivity index (χ4n) is 3.03. The van der Waals surface area contributed by atoms with Crippen LogP contribution in [0.25, 0.3) is 0 Å². The summed E-state index contributed by atoms with van der Waals surface area (Å²) in [5.41, 5.74) is 0. The first-order valence-electron chi connectivity index (χ1n) is 8.11. The van der Waals surface area contributed by atoms with Gasteiger partial charge >= 0.3 is 0 Å². The van der Waals surface area contributed by atoms with Crippen LogP contribution in [0.4, 0.5) is 0 Å². The first-order valence-corrected chi connectivity index (χ1v) is 9.27. The van der Waals surface area contributed by atoms with E-state index < -0.39 is 0 Å². The molecule has 2 saturated heterocycles. The molecule has 2 amide bonds. The molecule has 2 aliphatic heterocycles. The van der Waals surface area contributed by atoms with Crippen LogP contribution < -0.4 is 10.6 Å². The van der Waals surface area contributed by atoms with Gasteiger partial charge in [-0.25, -0.2) is 0 Å². The van der Waals surface area contributed by atoms with Gasteiger partial charge < -0.3 is 15.5 Å². The lowest BCUT2D eigenvalue weighted by molar-refractivity contribution is -0.132. The highest BCUT2D eigenvalue weighted by Gasteiger charge is 2.32. The fraction of sp³-hybridized carbons (Fsp3) is 0.867. The second kappa shape index (κ2) is 7.01. The van der Waals surface area contributed by atoms with Gasteiger partial charge in [-0.05, 0) is 25.7 Å². The third kappa shape index (κ3) is 4.36. The van der Waals surface area contributed by atoms with E-state index in [1.54, 1.807) is 0 Å². The van der Waals surface area contributed by atoms with E-state index in [-0.39, 0.29) is 23.8 Å². The van der Waals surface area contributed by atoms with Gasteiger partial charge in [0.05, 0.1) is 0 Å². The molecule has 0 radical (unpaired) electrons. The highest BCUT2D eigenvalue weighted by Crippen LogP contribution is 2.29. The van der Waals surface area contributed by atoms with E-state index in [0.29, 0.717) is 12.5 Å². The molecule has 0 bridgehead atoms. The van der Waals surface area contributed by atoms with Gasteiger partial charge in [0.15, 0.2) is 0 Å². The number of hydrogen-bond donors (Lipinski definition) is 2. The summed E-state index contributed by atoms with van der Waals surface area (Å²) in [6.07, 6.45) is 4.52. The summed E-state index contributed by atoms with van der Waals surface area (Å²) in [6.45, 7) is 2.58. The molecule has 2 heterocycles. The Morgan fingerprint density at radius 2 is 1.95 bits per heavy atom. The maximum atomic E-state index is 12.3. The lowest BCUT2D eigenvalue weighted by Crippen LogP contribution is -2.48. The molecule has 3 aliphatic rings. The molecule has 21 heavy (non-hydrogen) atoms. The van der Waals surface area contributed by atoms with E-state index in [2.05, 4.69) is 10.6 Å². The third-order valence-corrected chi connectivity index (χ3v) is 5.69. The molecule has 1 atom stereocenters. The minimum atomic E-state index is 0.225. The van der Waals surface area contributed by atoms with E-state index >= 15 is 0 Å². The van der Waals surface area contributed by atoms with Crippen molar-refractivity contribution in [2.24, 2.45) is 5.92 Å². The van der Waals surface area contributed by atoms with Gasteiger partial charge in [-0.15, -0.1) is 0 Å². The fourth-order valence-corrected chi connectivity index (χ4v) is 3.98. The molecule has 6 heteroatoms. The number of thioether (sulfide) groups is 1. The predicted molar refractivity (Wildman–Crippen MR) is 84.2 cm³/mol. The molecule has 5 nitrogen and oxygen atoms in total. The lowest BCUT2D eigenvalue weighted by atomic mass is 10.0. The summed E-state index contributed by atoms with van der Waals surface area (Å²) in [5.74, 6) is 2.96. The maximum Gasteiger partial charge on any atom is 0.224 e. The molecular formula is C15H25N3O2S. The zero-order valence-electron chi connectivity index (χ0n) is 12.5. The summed E-state index contributed by atoms with van der Waals surface area (Å²) < 4.78 is 0. The maximum absolute atomic E-state index is 12.3. The lowest BCUT2D eigenvalue weighted by Gasteiger charge is -2.34. The van der Waals surface area contributed by atoms with Crippen molar-refractivity contribution < 1.29 is 9.59 Å². The monoisotopic (exact) mass is 311 g/mol. The smallest absolute Gasteiger partial charge is 0.224 e. The van der Waals surface area contributed by atoms with E-state index in [9.17, 15) is 9.59 Å². The van der Waals surface area contributed by atoms with Crippen LogP contribution in [0, 0.1) is 5.92 Å². The number of carbonyl (C=O) groups excluding carboxylic acids is 2. The van der Waals surface area contributed by atoms with Gasteiger partial charge in [0, 0.05) is 55.6 Å². The van der Waals surface area contributed by atoms with E-state index in [1.165, 1.54) is 0 Å². The van der Waals surface area contributed by atoms with Crippen molar-refractivity contribution in [1.82, 2.24) is 15.5 Å². The number of carbonyl (C=O) groups is 2. The van der Waals surface area contributed by atoms with Gasteiger partial charge in [-0.1, -0.05) is 0 Å². The second-order valence-electron chi connectivity index (χ2n) is 6.37. The van der Waals surface area contributed by atoms with Crippen LogP contribution in [0.1, 0.15) is 32.1 Å². The molecule has 1 unspecified atom stereocenters. The quantitative estimate of drug-likeness (QED) is 0.798. The predicted octanol–water partition coefficient (Wildman–Crippen LogP) is 0.599. The van der Waals surface area contributed by atoms with Crippen LogP contribution >= 0.6 is 11.8 Å². The Morgan fingerprint density at radius 3 is 2.57 bits per heavy atom. The van der Waals surface area contributed by atoms with Crippen molar-refractivity contribution in [3.63, 3.8) is 0 Å². The van der Waals surface area contributed by atoms with Crippen LogP contribution in [-0.2, 0) is 9.59 Å².